The maximum absolute atomic E-state index is 13.2. The lowest BCUT2D eigenvalue weighted by molar-refractivity contribution is -0.142. The van der Waals surface area contributed by atoms with E-state index in [9.17, 15) is 29.1 Å². The van der Waals surface area contributed by atoms with Gasteiger partial charge >= 0.3 is 5.97 Å². The van der Waals surface area contributed by atoms with Crippen LogP contribution in [0.4, 0.5) is 0 Å². The van der Waals surface area contributed by atoms with E-state index in [0.717, 1.165) is 0 Å². The van der Waals surface area contributed by atoms with E-state index in [0.29, 0.717) is 17.7 Å². The van der Waals surface area contributed by atoms with Crippen molar-refractivity contribution in [3.8, 4) is 0 Å². The third-order valence-corrected chi connectivity index (χ3v) is 6.12. The molecule has 4 unspecified atom stereocenters. The molecule has 4 atom stereocenters. The van der Waals surface area contributed by atoms with Crippen LogP contribution in [0.1, 0.15) is 31.2 Å². The molecule has 14 nitrogen and oxygen atoms in total. The Labute approximate surface area is 231 Å². The number of rotatable bonds is 18. The summed E-state index contributed by atoms with van der Waals surface area (Å²) in [5.74, 6) is -3.79. The van der Waals surface area contributed by atoms with Gasteiger partial charge in [0.05, 0.1) is 12.5 Å². The average molecular weight is 567 g/mol. The second kappa shape index (κ2) is 17.6. The van der Waals surface area contributed by atoms with Gasteiger partial charge in [0, 0.05) is 13.0 Å². The van der Waals surface area contributed by atoms with Crippen LogP contribution in [-0.4, -0.2) is 83.4 Å². The van der Waals surface area contributed by atoms with Gasteiger partial charge in [0.1, 0.15) is 18.1 Å². The minimum Gasteiger partial charge on any atom is -0.480 e. The Morgan fingerprint density at radius 1 is 0.897 bits per heavy atom. The summed E-state index contributed by atoms with van der Waals surface area (Å²) in [6, 6.07) is 4.11. The van der Waals surface area contributed by atoms with E-state index in [1.165, 1.54) is 11.8 Å². The molecular weight excluding hydrogens is 528 g/mol. The third kappa shape index (κ3) is 13.5. The van der Waals surface area contributed by atoms with Crippen LogP contribution in [0.2, 0.25) is 0 Å². The number of nitrogens with two attached hydrogens (primary N) is 4. The number of hydrogen-bond acceptors (Lipinski definition) is 8. The Hall–Kier alpha value is -3.85. The number of aliphatic imine (C=N–C) groups is 1. The molecule has 4 amide bonds. The molecule has 0 aliphatic heterocycles. The van der Waals surface area contributed by atoms with E-state index in [-0.39, 0.29) is 31.8 Å². The highest BCUT2D eigenvalue weighted by molar-refractivity contribution is 7.98. The first-order valence-electron chi connectivity index (χ1n) is 12.2. The maximum Gasteiger partial charge on any atom is 0.326 e. The molecular formula is C24H38N8O6S. The number of benzene rings is 1. The number of carbonyl (C=O) groups excluding carboxylic acids is 4. The summed E-state index contributed by atoms with van der Waals surface area (Å²) in [4.78, 5) is 65.6. The van der Waals surface area contributed by atoms with Gasteiger partial charge in [-0.15, -0.1) is 0 Å². The number of thioether (sulfide) groups is 1. The Kier molecular flexibility index (Phi) is 15.0. The highest BCUT2D eigenvalue weighted by Gasteiger charge is 2.30. The van der Waals surface area contributed by atoms with Crippen LogP contribution >= 0.6 is 11.8 Å². The topological polar surface area (TPSA) is 258 Å². The van der Waals surface area contributed by atoms with E-state index >= 15 is 0 Å². The van der Waals surface area contributed by atoms with Crippen LogP contribution in [0.25, 0.3) is 0 Å². The van der Waals surface area contributed by atoms with Gasteiger partial charge in [0.25, 0.3) is 0 Å². The third-order valence-electron chi connectivity index (χ3n) is 5.48. The Morgan fingerprint density at radius 3 is 2.05 bits per heavy atom. The van der Waals surface area contributed by atoms with Gasteiger partial charge in [-0.1, -0.05) is 30.3 Å². The fraction of sp³-hybridized carbons (Fsp3) is 0.500. The van der Waals surface area contributed by atoms with Crippen LogP contribution in [-0.2, 0) is 30.4 Å². The van der Waals surface area contributed by atoms with Gasteiger partial charge in [-0.2, -0.15) is 11.8 Å². The number of hydrogen-bond donors (Lipinski definition) is 8. The average Bonchev–Trinajstić information content (AvgIpc) is 2.87. The number of primary amides is 1. The van der Waals surface area contributed by atoms with Gasteiger partial charge < -0.3 is 44.0 Å². The van der Waals surface area contributed by atoms with Crippen molar-refractivity contribution >= 4 is 47.3 Å². The first kappa shape index (κ1) is 33.2. The van der Waals surface area contributed by atoms with Crippen LogP contribution < -0.4 is 38.9 Å². The molecule has 0 saturated carbocycles. The molecule has 0 saturated heterocycles. The molecule has 0 aliphatic rings. The highest BCUT2D eigenvalue weighted by Crippen LogP contribution is 2.08. The van der Waals surface area contributed by atoms with E-state index in [4.69, 9.17) is 22.9 Å². The molecule has 39 heavy (non-hydrogen) atoms. The fourth-order valence-corrected chi connectivity index (χ4v) is 3.93. The van der Waals surface area contributed by atoms with Crippen molar-refractivity contribution < 1.29 is 29.1 Å². The van der Waals surface area contributed by atoms with Gasteiger partial charge in [-0.25, -0.2) is 4.79 Å². The number of amides is 4. The summed E-state index contributed by atoms with van der Waals surface area (Å²) in [6.45, 7) is 0.181. The van der Waals surface area contributed by atoms with Crippen molar-refractivity contribution in [3.05, 3.63) is 35.9 Å². The lowest BCUT2D eigenvalue weighted by atomic mass is 10.0. The van der Waals surface area contributed by atoms with Crippen LogP contribution in [0.3, 0.4) is 0 Å². The monoisotopic (exact) mass is 566 g/mol. The van der Waals surface area contributed by atoms with Crippen molar-refractivity contribution in [2.24, 2.45) is 27.9 Å². The number of nitrogens with one attached hydrogen (secondary N) is 3. The summed E-state index contributed by atoms with van der Waals surface area (Å²) in [5.41, 5.74) is 22.1. The largest absolute Gasteiger partial charge is 0.480 e. The van der Waals surface area contributed by atoms with Crippen LogP contribution in [0.15, 0.2) is 35.3 Å². The molecule has 0 aliphatic carbocycles. The van der Waals surface area contributed by atoms with E-state index in [1.54, 1.807) is 30.3 Å². The first-order chi connectivity index (χ1) is 18.4. The highest BCUT2D eigenvalue weighted by atomic mass is 32.2. The minimum absolute atomic E-state index is 0.0496. The fourth-order valence-electron chi connectivity index (χ4n) is 3.46. The molecule has 0 heterocycles. The number of aliphatic carboxylic acids is 1. The van der Waals surface area contributed by atoms with Crippen molar-refractivity contribution in [1.82, 2.24) is 16.0 Å². The van der Waals surface area contributed by atoms with Gasteiger partial charge in [0.2, 0.25) is 23.6 Å². The molecule has 0 fully saturated rings. The molecule has 0 radical (unpaired) electrons. The summed E-state index contributed by atoms with van der Waals surface area (Å²) in [6.07, 6.45) is 2.03. The summed E-state index contributed by atoms with van der Waals surface area (Å²) in [7, 11) is 0. The molecule has 0 spiro atoms. The van der Waals surface area contributed by atoms with Crippen molar-refractivity contribution in [3.63, 3.8) is 0 Å². The number of nitrogens with zero attached hydrogens (tertiary/aromatic N) is 1. The van der Waals surface area contributed by atoms with Gasteiger partial charge in [-0.3, -0.25) is 24.2 Å². The SMILES string of the molecule is CSCCC(NC(=O)C(N)CC(N)=O)C(=O)NC(Cc1ccccc1)C(=O)NC(CCCN=C(N)N)C(=O)O. The zero-order valence-corrected chi connectivity index (χ0v) is 22.6. The van der Waals surface area contributed by atoms with Crippen molar-refractivity contribution in [2.45, 2.75) is 56.3 Å². The summed E-state index contributed by atoms with van der Waals surface area (Å²) in [5, 5.41) is 17.2. The van der Waals surface area contributed by atoms with E-state index in [2.05, 4.69) is 20.9 Å². The second-order valence-electron chi connectivity index (χ2n) is 8.72. The van der Waals surface area contributed by atoms with E-state index < -0.39 is 60.2 Å². The Bertz CT molecular complexity index is 1010. The number of carboxylic acid groups (broad SMARTS) is 1. The smallest absolute Gasteiger partial charge is 0.326 e. The predicted molar refractivity (Wildman–Crippen MR) is 148 cm³/mol. The van der Waals surface area contributed by atoms with Gasteiger partial charge in [0.15, 0.2) is 5.96 Å². The normalized spacial score (nSPS) is 13.7. The molecule has 216 valence electrons. The lowest BCUT2D eigenvalue weighted by Gasteiger charge is -2.25. The lowest BCUT2D eigenvalue weighted by Crippen LogP contribution is -2.58. The number of carbonyl (C=O) groups is 5. The maximum atomic E-state index is 13.2. The number of guanidine groups is 1. The van der Waals surface area contributed by atoms with Crippen molar-refractivity contribution in [2.75, 3.05) is 18.6 Å². The minimum atomic E-state index is -1.26. The molecule has 1 rings (SSSR count). The predicted octanol–water partition coefficient (Wildman–Crippen LogP) is -2.22. The standard InChI is InChI=1S/C24H38N8O6S/c1-39-11-9-16(30-20(34)15(25)13-19(26)33)21(35)32-18(12-14-6-3-2-4-7-14)22(36)31-17(23(37)38)8-5-10-29-24(27)28/h2-4,6-7,15-18H,5,8-13,25H2,1H3,(H2,26,33)(H,30,34)(H,31,36)(H,32,35)(H,37,38)(H4,27,28,29). The van der Waals surface area contributed by atoms with Crippen molar-refractivity contribution in [1.29, 1.82) is 0 Å². The summed E-state index contributed by atoms with van der Waals surface area (Å²) < 4.78 is 0. The first-order valence-corrected chi connectivity index (χ1v) is 13.6. The quantitative estimate of drug-likeness (QED) is 0.0539. The molecule has 1 aromatic carbocycles. The summed E-state index contributed by atoms with van der Waals surface area (Å²) >= 11 is 1.44. The van der Waals surface area contributed by atoms with Crippen LogP contribution in [0.5, 0.6) is 0 Å². The molecule has 15 heteroatoms. The zero-order chi connectivity index (χ0) is 29.4. The molecule has 0 bridgehead atoms. The molecule has 1 aromatic rings. The number of carboxylic acids is 1. The van der Waals surface area contributed by atoms with Crippen LogP contribution in [0, 0.1) is 0 Å². The molecule has 0 aromatic heterocycles. The van der Waals surface area contributed by atoms with E-state index in [1.807, 2.05) is 6.26 Å². The zero-order valence-electron chi connectivity index (χ0n) is 21.8. The second-order valence-corrected chi connectivity index (χ2v) is 9.70. The van der Waals surface area contributed by atoms with Gasteiger partial charge in [-0.05, 0) is 36.8 Å². The Balaban J connectivity index is 3.07. The molecule has 12 N–H and O–H groups in total. The Morgan fingerprint density at radius 2 is 1.49 bits per heavy atom.